The zero-order chi connectivity index (χ0) is 18.2. The van der Waals surface area contributed by atoms with Crippen LogP contribution in [0, 0.1) is 6.92 Å². The van der Waals surface area contributed by atoms with Crippen LogP contribution in [0.25, 0.3) is 0 Å². The van der Waals surface area contributed by atoms with Crippen molar-refractivity contribution in [1.82, 2.24) is 5.32 Å². The van der Waals surface area contributed by atoms with Gasteiger partial charge < -0.3 is 14.8 Å². The molecule has 0 fully saturated rings. The first-order valence-corrected chi connectivity index (χ1v) is 9.18. The highest BCUT2D eigenvalue weighted by Gasteiger charge is 2.13. The maximum absolute atomic E-state index is 12.4. The predicted molar refractivity (Wildman–Crippen MR) is 103 cm³/mol. The molecule has 0 unspecified atom stereocenters. The molecule has 0 aliphatic heterocycles. The normalized spacial score (nSPS) is 11.8. The summed E-state index contributed by atoms with van der Waals surface area (Å²) in [6.07, 6.45) is 0. The molecule has 1 N–H and O–H groups in total. The van der Waals surface area contributed by atoms with Gasteiger partial charge in [0.1, 0.15) is 5.75 Å². The number of thioether (sulfide) groups is 1. The van der Waals surface area contributed by atoms with Crippen molar-refractivity contribution in [3.8, 4) is 5.75 Å². The van der Waals surface area contributed by atoms with E-state index in [-0.39, 0.29) is 11.9 Å². The molecule has 5 heteroatoms. The molecule has 1 amide bonds. The molecular weight excluding hydrogens is 334 g/mol. The second-order valence-corrected chi connectivity index (χ2v) is 7.01. The summed E-state index contributed by atoms with van der Waals surface area (Å²) in [5, 5.41) is 2.93. The molecule has 25 heavy (non-hydrogen) atoms. The van der Waals surface area contributed by atoms with E-state index in [1.165, 1.54) is 10.5 Å². The highest BCUT2D eigenvalue weighted by Crippen LogP contribution is 2.29. The number of nitrogens with one attached hydrogen (secondary N) is 1. The van der Waals surface area contributed by atoms with Gasteiger partial charge in [-0.2, -0.15) is 0 Å². The number of ether oxygens (including phenoxy) is 2. The van der Waals surface area contributed by atoms with E-state index in [1.54, 1.807) is 32.0 Å². The van der Waals surface area contributed by atoms with Crippen LogP contribution in [0.1, 0.15) is 28.4 Å². The number of hydrogen-bond donors (Lipinski definition) is 1. The van der Waals surface area contributed by atoms with Gasteiger partial charge >= 0.3 is 0 Å². The summed E-state index contributed by atoms with van der Waals surface area (Å²) in [5.74, 6) is 1.43. The van der Waals surface area contributed by atoms with Crippen LogP contribution in [0.3, 0.4) is 0 Å². The van der Waals surface area contributed by atoms with E-state index in [2.05, 4.69) is 36.5 Å². The van der Waals surface area contributed by atoms with Gasteiger partial charge in [-0.25, -0.2) is 0 Å². The van der Waals surface area contributed by atoms with Gasteiger partial charge in [0.2, 0.25) is 0 Å². The highest BCUT2D eigenvalue weighted by molar-refractivity contribution is 7.98. The van der Waals surface area contributed by atoms with Gasteiger partial charge in [0.25, 0.3) is 5.91 Å². The Morgan fingerprint density at radius 2 is 1.88 bits per heavy atom. The van der Waals surface area contributed by atoms with Crippen molar-refractivity contribution in [3.05, 3.63) is 59.2 Å². The summed E-state index contributed by atoms with van der Waals surface area (Å²) in [4.78, 5) is 13.6. The van der Waals surface area contributed by atoms with Gasteiger partial charge in [-0.05, 0) is 44.2 Å². The lowest BCUT2D eigenvalue weighted by Gasteiger charge is -2.14. The van der Waals surface area contributed by atoms with Gasteiger partial charge in [0, 0.05) is 34.9 Å². The summed E-state index contributed by atoms with van der Waals surface area (Å²) < 4.78 is 10.5. The SMILES string of the molecule is COC[C@H](C)NC(=O)c1ccc(OC)c(CSc2ccc(C)cc2)c1. The van der Waals surface area contributed by atoms with Crippen LogP contribution in [-0.4, -0.2) is 32.8 Å². The first-order chi connectivity index (χ1) is 12.0. The molecular formula is C20H25NO3S. The van der Waals surface area contributed by atoms with E-state index in [9.17, 15) is 4.79 Å². The van der Waals surface area contributed by atoms with Crippen molar-refractivity contribution in [3.63, 3.8) is 0 Å². The van der Waals surface area contributed by atoms with E-state index < -0.39 is 0 Å². The van der Waals surface area contributed by atoms with Gasteiger partial charge in [-0.1, -0.05) is 17.7 Å². The summed E-state index contributed by atoms with van der Waals surface area (Å²) in [5.41, 5.74) is 2.87. The second-order valence-electron chi connectivity index (χ2n) is 5.96. The molecule has 134 valence electrons. The monoisotopic (exact) mass is 359 g/mol. The molecule has 2 rings (SSSR count). The van der Waals surface area contributed by atoms with E-state index in [0.29, 0.717) is 12.2 Å². The van der Waals surface area contributed by atoms with Crippen molar-refractivity contribution < 1.29 is 14.3 Å². The molecule has 0 aliphatic rings. The molecule has 0 saturated carbocycles. The molecule has 4 nitrogen and oxygen atoms in total. The molecule has 0 aromatic heterocycles. The van der Waals surface area contributed by atoms with Crippen LogP contribution < -0.4 is 10.1 Å². The predicted octanol–water partition coefficient (Wildman–Crippen LogP) is 4.06. The number of rotatable bonds is 8. The van der Waals surface area contributed by atoms with Gasteiger partial charge in [-0.15, -0.1) is 11.8 Å². The molecule has 2 aromatic carbocycles. The zero-order valence-electron chi connectivity index (χ0n) is 15.2. The lowest BCUT2D eigenvalue weighted by Crippen LogP contribution is -2.35. The number of aryl methyl sites for hydroxylation is 1. The van der Waals surface area contributed by atoms with Crippen molar-refractivity contribution in [2.24, 2.45) is 0 Å². The number of carbonyl (C=O) groups excluding carboxylic acids is 1. The number of hydrogen-bond acceptors (Lipinski definition) is 4. The van der Waals surface area contributed by atoms with E-state index in [4.69, 9.17) is 9.47 Å². The summed E-state index contributed by atoms with van der Waals surface area (Å²) in [7, 11) is 3.27. The van der Waals surface area contributed by atoms with Crippen LogP contribution in [0.4, 0.5) is 0 Å². The van der Waals surface area contributed by atoms with Crippen molar-refractivity contribution >= 4 is 17.7 Å². The molecule has 0 heterocycles. The van der Waals surface area contributed by atoms with Crippen molar-refractivity contribution in [2.45, 2.75) is 30.5 Å². The minimum atomic E-state index is -0.103. The Hall–Kier alpha value is -1.98. The number of carbonyl (C=O) groups is 1. The van der Waals surface area contributed by atoms with Crippen LogP contribution in [0.15, 0.2) is 47.4 Å². The molecule has 1 atom stereocenters. The second kappa shape index (κ2) is 9.49. The summed E-state index contributed by atoms with van der Waals surface area (Å²) >= 11 is 1.72. The Kier molecular flexibility index (Phi) is 7.34. The van der Waals surface area contributed by atoms with Crippen LogP contribution in [-0.2, 0) is 10.5 Å². The zero-order valence-corrected chi connectivity index (χ0v) is 16.0. The van der Waals surface area contributed by atoms with E-state index in [0.717, 1.165) is 17.1 Å². The Bertz CT molecular complexity index is 701. The van der Waals surface area contributed by atoms with Crippen LogP contribution in [0.2, 0.25) is 0 Å². The smallest absolute Gasteiger partial charge is 0.251 e. The number of amides is 1. The first kappa shape index (κ1) is 19.3. The largest absolute Gasteiger partial charge is 0.496 e. The maximum atomic E-state index is 12.4. The number of methoxy groups -OCH3 is 2. The van der Waals surface area contributed by atoms with Crippen LogP contribution in [0.5, 0.6) is 5.75 Å². The molecule has 0 spiro atoms. The highest BCUT2D eigenvalue weighted by atomic mass is 32.2. The van der Waals surface area contributed by atoms with Crippen LogP contribution >= 0.6 is 11.8 Å². The Balaban J connectivity index is 2.10. The Morgan fingerprint density at radius 1 is 1.16 bits per heavy atom. The van der Waals surface area contributed by atoms with Gasteiger partial charge in [0.05, 0.1) is 13.7 Å². The van der Waals surface area contributed by atoms with Crippen molar-refractivity contribution in [2.75, 3.05) is 20.8 Å². The fourth-order valence-corrected chi connectivity index (χ4v) is 3.30. The molecule has 0 radical (unpaired) electrons. The van der Waals surface area contributed by atoms with E-state index >= 15 is 0 Å². The topological polar surface area (TPSA) is 47.6 Å². The fourth-order valence-electron chi connectivity index (χ4n) is 2.43. The molecule has 0 bridgehead atoms. The lowest BCUT2D eigenvalue weighted by atomic mass is 10.1. The third kappa shape index (κ3) is 5.80. The number of benzene rings is 2. The lowest BCUT2D eigenvalue weighted by molar-refractivity contribution is 0.0905. The first-order valence-electron chi connectivity index (χ1n) is 8.19. The molecule has 2 aromatic rings. The summed E-state index contributed by atoms with van der Waals surface area (Å²) in [6.45, 7) is 4.47. The van der Waals surface area contributed by atoms with Gasteiger partial charge in [-0.3, -0.25) is 4.79 Å². The van der Waals surface area contributed by atoms with E-state index in [1.807, 2.05) is 19.1 Å². The molecule has 0 saturated heterocycles. The Morgan fingerprint density at radius 3 is 2.52 bits per heavy atom. The quantitative estimate of drug-likeness (QED) is 0.722. The molecule has 0 aliphatic carbocycles. The average Bonchev–Trinajstić information content (AvgIpc) is 2.61. The summed E-state index contributed by atoms with van der Waals surface area (Å²) in [6, 6.07) is 13.9. The standard InChI is InChI=1S/C20H25NO3S/c1-14-5-8-18(9-6-14)25-13-17-11-16(7-10-19(17)24-4)20(22)21-15(2)12-23-3/h5-11,15H,12-13H2,1-4H3,(H,21,22)/t15-/m0/s1. The maximum Gasteiger partial charge on any atom is 0.251 e. The van der Waals surface area contributed by atoms with Gasteiger partial charge in [0.15, 0.2) is 0 Å². The fraction of sp³-hybridized carbons (Fsp3) is 0.350. The third-order valence-corrected chi connectivity index (χ3v) is 4.81. The van der Waals surface area contributed by atoms with Crippen molar-refractivity contribution in [1.29, 1.82) is 0 Å². The Labute approximate surface area is 153 Å². The third-order valence-electron chi connectivity index (χ3n) is 3.75. The minimum Gasteiger partial charge on any atom is -0.496 e. The minimum absolute atomic E-state index is 0.0371. The average molecular weight is 359 g/mol.